The van der Waals surface area contributed by atoms with Crippen LogP contribution >= 0.6 is 0 Å². The molecule has 0 fully saturated rings. The number of allylic oxidation sites excluding steroid dienone is 7. The van der Waals surface area contributed by atoms with Crippen LogP contribution in [0.3, 0.4) is 0 Å². The maximum atomic E-state index is 12.7. The Morgan fingerprint density at radius 1 is 0.415 bits per heavy atom. The molecule has 6 nitrogen and oxygen atoms in total. The third kappa shape index (κ3) is 40.4. The van der Waals surface area contributed by atoms with Gasteiger partial charge in [-0.15, -0.1) is 0 Å². The summed E-state index contributed by atoms with van der Waals surface area (Å²) in [6.45, 7) is 6.39. The highest BCUT2D eigenvalue weighted by Gasteiger charge is 2.19. The van der Waals surface area contributed by atoms with E-state index >= 15 is 0 Å². The Balaban J connectivity index is 4.43. The van der Waals surface area contributed by atoms with Crippen molar-refractivity contribution in [3.63, 3.8) is 0 Å². The van der Waals surface area contributed by atoms with E-state index in [4.69, 9.17) is 14.2 Å². The highest BCUT2D eigenvalue weighted by Crippen LogP contribution is 2.14. The topological polar surface area (TPSA) is 78.9 Å². The standard InChI is InChI=1S/C47H82O6/c1-4-7-10-13-16-19-21-23-24-26-28-31-34-37-40-46(49)52-43-44(42-51-45(48)39-36-33-30-27-18-15-12-9-6-3)53-47(50)41-38-35-32-29-25-22-20-17-14-11-8-5-2/h9,12,18,24,26-27,33,36,44H,4-8,10-11,13-17,19-23,25,28-32,34-35,37-43H2,1-3H3/b12-9-,26-24-,27-18-,36-33-. The fourth-order valence-corrected chi connectivity index (χ4v) is 6.03. The third-order valence-corrected chi connectivity index (χ3v) is 9.35. The first kappa shape index (κ1) is 50.4. The molecule has 0 saturated heterocycles. The van der Waals surface area contributed by atoms with Crippen LogP contribution in [0.15, 0.2) is 48.6 Å². The van der Waals surface area contributed by atoms with Gasteiger partial charge >= 0.3 is 17.9 Å². The molecule has 306 valence electrons. The molecule has 0 bridgehead atoms. The van der Waals surface area contributed by atoms with Gasteiger partial charge in [-0.1, -0.05) is 185 Å². The Bertz CT molecular complexity index is 949. The number of ether oxygens (including phenoxy) is 3. The Morgan fingerprint density at radius 3 is 1.32 bits per heavy atom. The van der Waals surface area contributed by atoms with Crippen LogP contribution in [0.2, 0.25) is 0 Å². The van der Waals surface area contributed by atoms with Gasteiger partial charge in [-0.05, 0) is 57.8 Å². The largest absolute Gasteiger partial charge is 0.462 e. The first-order valence-electron chi connectivity index (χ1n) is 22.1. The van der Waals surface area contributed by atoms with Crippen molar-refractivity contribution in [1.29, 1.82) is 0 Å². The summed E-state index contributed by atoms with van der Waals surface area (Å²) >= 11 is 0. The first-order valence-corrected chi connectivity index (χ1v) is 22.1. The number of rotatable bonds is 39. The summed E-state index contributed by atoms with van der Waals surface area (Å²) < 4.78 is 16.5. The van der Waals surface area contributed by atoms with E-state index in [1.807, 2.05) is 6.08 Å². The van der Waals surface area contributed by atoms with Crippen LogP contribution in [-0.4, -0.2) is 37.2 Å². The molecular weight excluding hydrogens is 661 g/mol. The summed E-state index contributed by atoms with van der Waals surface area (Å²) in [6.07, 6.45) is 48.4. The van der Waals surface area contributed by atoms with Crippen LogP contribution in [0.25, 0.3) is 0 Å². The summed E-state index contributed by atoms with van der Waals surface area (Å²) in [7, 11) is 0. The zero-order valence-corrected chi connectivity index (χ0v) is 34.8. The van der Waals surface area contributed by atoms with E-state index < -0.39 is 12.1 Å². The van der Waals surface area contributed by atoms with Crippen LogP contribution in [0.5, 0.6) is 0 Å². The van der Waals surface area contributed by atoms with E-state index in [0.29, 0.717) is 12.8 Å². The minimum atomic E-state index is -0.808. The second kappa shape index (κ2) is 42.1. The summed E-state index contributed by atoms with van der Waals surface area (Å²) in [4.78, 5) is 37.5. The number of hydrogen-bond acceptors (Lipinski definition) is 6. The number of unbranched alkanes of at least 4 members (excludes halogenated alkanes) is 21. The Morgan fingerprint density at radius 2 is 0.811 bits per heavy atom. The second-order valence-corrected chi connectivity index (χ2v) is 14.6. The van der Waals surface area contributed by atoms with Crippen molar-refractivity contribution in [2.45, 2.75) is 219 Å². The van der Waals surface area contributed by atoms with E-state index in [9.17, 15) is 14.4 Å². The molecule has 0 heterocycles. The number of carbonyl (C=O) groups excluding carboxylic acids is 3. The van der Waals surface area contributed by atoms with Gasteiger partial charge in [0.2, 0.25) is 0 Å². The van der Waals surface area contributed by atoms with Crippen molar-refractivity contribution in [1.82, 2.24) is 0 Å². The van der Waals surface area contributed by atoms with Gasteiger partial charge in [0, 0.05) is 12.8 Å². The fourth-order valence-electron chi connectivity index (χ4n) is 6.03. The maximum Gasteiger partial charge on any atom is 0.309 e. The molecule has 0 aliphatic carbocycles. The minimum Gasteiger partial charge on any atom is -0.462 e. The average Bonchev–Trinajstić information content (AvgIpc) is 3.15. The molecule has 0 amide bonds. The van der Waals surface area contributed by atoms with Gasteiger partial charge in [0.25, 0.3) is 0 Å². The van der Waals surface area contributed by atoms with Gasteiger partial charge in [0.15, 0.2) is 6.10 Å². The zero-order chi connectivity index (χ0) is 38.7. The highest BCUT2D eigenvalue weighted by atomic mass is 16.6. The molecule has 6 heteroatoms. The van der Waals surface area contributed by atoms with E-state index in [0.717, 1.165) is 70.6 Å². The second-order valence-electron chi connectivity index (χ2n) is 14.6. The molecule has 0 aromatic rings. The molecule has 0 aliphatic rings. The fraction of sp³-hybridized carbons (Fsp3) is 0.766. The molecule has 0 aromatic carbocycles. The number of carbonyl (C=O) groups is 3. The van der Waals surface area contributed by atoms with Crippen molar-refractivity contribution < 1.29 is 28.6 Å². The predicted octanol–water partition coefficient (Wildman–Crippen LogP) is 14.0. The zero-order valence-electron chi connectivity index (χ0n) is 34.8. The molecule has 0 rings (SSSR count). The Kier molecular flexibility index (Phi) is 40.0. The molecule has 1 unspecified atom stereocenters. The van der Waals surface area contributed by atoms with Crippen molar-refractivity contribution >= 4 is 17.9 Å². The highest BCUT2D eigenvalue weighted by molar-refractivity contribution is 5.72. The van der Waals surface area contributed by atoms with Crippen molar-refractivity contribution in [2.24, 2.45) is 0 Å². The van der Waals surface area contributed by atoms with Gasteiger partial charge in [0.05, 0.1) is 6.42 Å². The molecule has 0 saturated carbocycles. The van der Waals surface area contributed by atoms with E-state index in [1.165, 1.54) is 103 Å². The summed E-state index contributed by atoms with van der Waals surface area (Å²) in [5, 5.41) is 0. The van der Waals surface area contributed by atoms with E-state index in [1.54, 1.807) is 6.08 Å². The molecule has 0 aliphatic heterocycles. The lowest BCUT2D eigenvalue weighted by Crippen LogP contribution is -2.30. The van der Waals surface area contributed by atoms with E-state index in [-0.39, 0.29) is 31.6 Å². The smallest absolute Gasteiger partial charge is 0.309 e. The molecule has 0 N–H and O–H groups in total. The Hall–Kier alpha value is -2.63. The number of esters is 3. The average molecular weight is 743 g/mol. The lowest BCUT2D eigenvalue weighted by molar-refractivity contribution is -0.166. The first-order chi connectivity index (χ1) is 26.0. The quantitative estimate of drug-likeness (QED) is 0.0270. The summed E-state index contributed by atoms with van der Waals surface area (Å²) in [5.74, 6) is -1.05. The maximum absolute atomic E-state index is 12.7. The van der Waals surface area contributed by atoms with E-state index in [2.05, 4.69) is 57.2 Å². The third-order valence-electron chi connectivity index (χ3n) is 9.35. The summed E-state index contributed by atoms with van der Waals surface area (Å²) in [6, 6.07) is 0. The van der Waals surface area contributed by atoms with Gasteiger partial charge < -0.3 is 14.2 Å². The van der Waals surface area contributed by atoms with Crippen LogP contribution < -0.4 is 0 Å². The molecule has 53 heavy (non-hydrogen) atoms. The Labute approximate surface area is 327 Å². The van der Waals surface area contributed by atoms with Crippen LogP contribution in [0.4, 0.5) is 0 Å². The van der Waals surface area contributed by atoms with Crippen LogP contribution in [0, 0.1) is 0 Å². The van der Waals surface area contributed by atoms with Gasteiger partial charge in [-0.2, -0.15) is 0 Å². The monoisotopic (exact) mass is 743 g/mol. The molecule has 1 atom stereocenters. The predicted molar refractivity (Wildman–Crippen MR) is 224 cm³/mol. The van der Waals surface area contributed by atoms with Gasteiger partial charge in [-0.25, -0.2) is 0 Å². The lowest BCUT2D eigenvalue weighted by atomic mass is 10.0. The molecule has 0 spiro atoms. The SMILES string of the molecule is CC/C=C\C/C=C\C/C=C\CC(=O)OCC(COC(=O)CCCCC/C=C\CCCCCCCCC)OC(=O)CCCCCCCCCCCCCC. The van der Waals surface area contributed by atoms with Crippen molar-refractivity contribution in [3.05, 3.63) is 48.6 Å². The molecule has 0 radical (unpaired) electrons. The minimum absolute atomic E-state index is 0.106. The normalized spacial score (nSPS) is 12.4. The van der Waals surface area contributed by atoms with Crippen molar-refractivity contribution in [3.8, 4) is 0 Å². The van der Waals surface area contributed by atoms with Crippen LogP contribution in [-0.2, 0) is 28.6 Å². The van der Waals surface area contributed by atoms with Gasteiger partial charge in [0.1, 0.15) is 13.2 Å². The number of hydrogen-bond donors (Lipinski definition) is 0. The van der Waals surface area contributed by atoms with Crippen molar-refractivity contribution in [2.75, 3.05) is 13.2 Å². The molecular formula is C47H82O6. The molecule has 0 aromatic heterocycles. The van der Waals surface area contributed by atoms with Crippen LogP contribution in [0.1, 0.15) is 213 Å². The summed E-state index contributed by atoms with van der Waals surface area (Å²) in [5.41, 5.74) is 0. The van der Waals surface area contributed by atoms with Gasteiger partial charge in [-0.3, -0.25) is 14.4 Å². The lowest BCUT2D eigenvalue weighted by Gasteiger charge is -2.18.